The number of rotatable bonds is 5. The molecule has 0 bridgehead atoms. The van der Waals surface area contributed by atoms with Crippen molar-refractivity contribution in [3.05, 3.63) is 30.5 Å². The molecule has 19 heavy (non-hydrogen) atoms. The summed E-state index contributed by atoms with van der Waals surface area (Å²) in [5.74, 6) is 0. The Kier molecular flexibility index (Phi) is 4.00. The number of fused-ring (bicyclic) bond motifs is 1. The van der Waals surface area contributed by atoms with Crippen LogP contribution in [0.2, 0.25) is 0 Å². The lowest BCUT2D eigenvalue weighted by atomic mass is 9.93. The summed E-state index contributed by atoms with van der Waals surface area (Å²) in [4.78, 5) is 2.32. The van der Waals surface area contributed by atoms with Crippen LogP contribution in [0.5, 0.6) is 0 Å². The zero-order chi connectivity index (χ0) is 13.9. The monoisotopic (exact) mass is 258 g/mol. The quantitative estimate of drug-likeness (QED) is 0.895. The Morgan fingerprint density at radius 3 is 2.68 bits per heavy atom. The molecule has 2 rings (SSSR count). The van der Waals surface area contributed by atoms with Crippen LogP contribution in [0.25, 0.3) is 10.9 Å². The van der Waals surface area contributed by atoms with Gasteiger partial charge in [-0.2, -0.15) is 10.2 Å². The Labute approximate surface area is 114 Å². The average molecular weight is 258 g/mol. The van der Waals surface area contributed by atoms with Crippen LogP contribution in [0.4, 0.5) is 5.69 Å². The van der Waals surface area contributed by atoms with E-state index in [1.54, 1.807) is 0 Å². The molecular weight excluding hydrogens is 236 g/mol. The first-order valence-corrected chi connectivity index (χ1v) is 6.73. The number of anilines is 1. The average Bonchev–Trinajstić information content (AvgIpc) is 2.44. The van der Waals surface area contributed by atoms with Crippen LogP contribution < -0.4 is 10.6 Å². The highest BCUT2D eigenvalue weighted by atomic mass is 15.2. The van der Waals surface area contributed by atoms with Crippen LogP contribution in [-0.4, -0.2) is 29.8 Å². The topological polar surface area (TPSA) is 55.0 Å². The van der Waals surface area contributed by atoms with Gasteiger partial charge in [0, 0.05) is 18.5 Å². The molecular formula is C15H22N4. The van der Waals surface area contributed by atoms with Gasteiger partial charge in [0.15, 0.2) is 0 Å². The third kappa shape index (κ3) is 3.01. The van der Waals surface area contributed by atoms with E-state index in [9.17, 15) is 0 Å². The van der Waals surface area contributed by atoms with Gasteiger partial charge in [-0.05, 0) is 24.9 Å². The summed E-state index contributed by atoms with van der Waals surface area (Å²) in [5, 5.41) is 9.43. The largest absolute Gasteiger partial charge is 0.369 e. The van der Waals surface area contributed by atoms with Gasteiger partial charge in [-0.1, -0.05) is 32.0 Å². The molecule has 102 valence electrons. The Hall–Kier alpha value is -1.68. The van der Waals surface area contributed by atoms with Crippen molar-refractivity contribution in [1.29, 1.82) is 0 Å². The van der Waals surface area contributed by atoms with Gasteiger partial charge in [-0.25, -0.2) is 0 Å². The van der Waals surface area contributed by atoms with Crippen molar-refractivity contribution in [3.8, 4) is 0 Å². The number of aromatic nitrogens is 2. The van der Waals surface area contributed by atoms with Gasteiger partial charge in [0.25, 0.3) is 0 Å². The highest BCUT2D eigenvalue weighted by Crippen LogP contribution is 2.26. The molecule has 0 fully saturated rings. The number of hydrogen-bond acceptors (Lipinski definition) is 4. The molecule has 0 spiro atoms. The van der Waals surface area contributed by atoms with Gasteiger partial charge < -0.3 is 10.6 Å². The minimum absolute atomic E-state index is 0.0837. The predicted octanol–water partition coefficient (Wildman–Crippen LogP) is 2.44. The van der Waals surface area contributed by atoms with E-state index < -0.39 is 0 Å². The Morgan fingerprint density at radius 1 is 1.26 bits per heavy atom. The van der Waals surface area contributed by atoms with E-state index in [1.807, 2.05) is 24.4 Å². The maximum atomic E-state index is 5.85. The normalized spacial score (nSPS) is 11.8. The third-order valence-corrected chi connectivity index (χ3v) is 3.42. The fourth-order valence-corrected chi connectivity index (χ4v) is 2.19. The summed E-state index contributed by atoms with van der Waals surface area (Å²) in [7, 11) is 0. The van der Waals surface area contributed by atoms with Crippen molar-refractivity contribution in [2.24, 2.45) is 11.1 Å². The van der Waals surface area contributed by atoms with Crippen molar-refractivity contribution in [3.63, 3.8) is 0 Å². The highest BCUT2D eigenvalue weighted by molar-refractivity contribution is 5.90. The zero-order valence-electron chi connectivity index (χ0n) is 11.9. The minimum Gasteiger partial charge on any atom is -0.369 e. The molecule has 0 unspecified atom stereocenters. The smallest absolute Gasteiger partial charge is 0.0950 e. The van der Waals surface area contributed by atoms with Crippen LogP contribution in [0.15, 0.2) is 30.5 Å². The Balaban J connectivity index is 2.41. The first kappa shape index (κ1) is 13.7. The molecule has 0 aliphatic rings. The van der Waals surface area contributed by atoms with Crippen molar-refractivity contribution >= 4 is 16.6 Å². The van der Waals surface area contributed by atoms with Crippen molar-refractivity contribution in [1.82, 2.24) is 10.2 Å². The van der Waals surface area contributed by atoms with Crippen molar-refractivity contribution in [2.75, 3.05) is 24.5 Å². The van der Waals surface area contributed by atoms with Crippen LogP contribution in [0, 0.1) is 5.41 Å². The third-order valence-electron chi connectivity index (χ3n) is 3.42. The number of nitrogens with two attached hydrogens (primary N) is 1. The van der Waals surface area contributed by atoms with E-state index in [2.05, 4.69) is 41.9 Å². The second kappa shape index (κ2) is 5.53. The lowest BCUT2D eigenvalue weighted by Crippen LogP contribution is -2.39. The van der Waals surface area contributed by atoms with Crippen molar-refractivity contribution < 1.29 is 0 Å². The van der Waals surface area contributed by atoms with Gasteiger partial charge in [-0.15, -0.1) is 0 Å². The Bertz CT molecular complexity index is 545. The second-order valence-electron chi connectivity index (χ2n) is 5.63. The minimum atomic E-state index is 0.0837. The van der Waals surface area contributed by atoms with Gasteiger partial charge in [0.05, 0.1) is 17.4 Å². The number of nitrogens with zero attached hydrogens (tertiary/aromatic N) is 3. The molecule has 1 heterocycles. The highest BCUT2D eigenvalue weighted by Gasteiger charge is 2.21. The summed E-state index contributed by atoms with van der Waals surface area (Å²) < 4.78 is 0. The maximum absolute atomic E-state index is 5.85. The van der Waals surface area contributed by atoms with Gasteiger partial charge in [0.1, 0.15) is 0 Å². The van der Waals surface area contributed by atoms with E-state index in [-0.39, 0.29) is 5.41 Å². The molecule has 0 radical (unpaired) electrons. The molecule has 1 aromatic carbocycles. The van der Waals surface area contributed by atoms with Crippen LogP contribution in [0.1, 0.15) is 20.8 Å². The molecule has 0 amide bonds. The second-order valence-corrected chi connectivity index (χ2v) is 5.63. The van der Waals surface area contributed by atoms with E-state index in [0.29, 0.717) is 6.54 Å². The van der Waals surface area contributed by atoms with Gasteiger partial charge in [-0.3, -0.25) is 0 Å². The number of benzene rings is 1. The molecule has 1 aromatic heterocycles. The maximum Gasteiger partial charge on any atom is 0.0950 e. The van der Waals surface area contributed by atoms with Crippen molar-refractivity contribution in [2.45, 2.75) is 20.8 Å². The zero-order valence-corrected chi connectivity index (χ0v) is 11.9. The SMILES string of the molecule is CCN(CC(C)(C)CN)c1cnnc2ccccc12. The predicted molar refractivity (Wildman–Crippen MR) is 80.3 cm³/mol. The lowest BCUT2D eigenvalue weighted by molar-refractivity contribution is 0.380. The van der Waals surface area contributed by atoms with E-state index >= 15 is 0 Å². The molecule has 0 atom stereocenters. The summed E-state index contributed by atoms with van der Waals surface area (Å²) in [6.07, 6.45) is 1.85. The summed E-state index contributed by atoms with van der Waals surface area (Å²) in [6.45, 7) is 9.04. The fourth-order valence-electron chi connectivity index (χ4n) is 2.19. The molecule has 0 aliphatic heterocycles. The molecule has 2 aromatic rings. The lowest BCUT2D eigenvalue weighted by Gasteiger charge is -2.32. The Morgan fingerprint density at radius 2 is 2.00 bits per heavy atom. The molecule has 0 saturated carbocycles. The van der Waals surface area contributed by atoms with Gasteiger partial charge >= 0.3 is 0 Å². The molecule has 4 heteroatoms. The summed E-state index contributed by atoms with van der Waals surface area (Å²) in [5.41, 5.74) is 8.00. The van der Waals surface area contributed by atoms with Crippen LogP contribution in [-0.2, 0) is 0 Å². The summed E-state index contributed by atoms with van der Waals surface area (Å²) >= 11 is 0. The molecule has 2 N–H and O–H groups in total. The molecule has 0 saturated heterocycles. The van der Waals surface area contributed by atoms with Crippen LogP contribution in [0.3, 0.4) is 0 Å². The standard InChI is InChI=1S/C15H22N4/c1-4-19(11-15(2,3)10-16)14-9-17-18-13-8-6-5-7-12(13)14/h5-9H,4,10-11,16H2,1-3H3. The summed E-state index contributed by atoms with van der Waals surface area (Å²) in [6, 6.07) is 8.11. The fraction of sp³-hybridized carbons (Fsp3) is 0.467. The number of hydrogen-bond donors (Lipinski definition) is 1. The first-order chi connectivity index (χ1) is 9.07. The van der Waals surface area contributed by atoms with E-state index in [0.717, 1.165) is 29.7 Å². The first-order valence-electron chi connectivity index (χ1n) is 6.73. The molecule has 0 aliphatic carbocycles. The van der Waals surface area contributed by atoms with Crippen LogP contribution >= 0.6 is 0 Å². The van der Waals surface area contributed by atoms with E-state index in [4.69, 9.17) is 5.73 Å². The van der Waals surface area contributed by atoms with E-state index in [1.165, 1.54) is 0 Å². The molecule has 4 nitrogen and oxygen atoms in total. The van der Waals surface area contributed by atoms with Gasteiger partial charge in [0.2, 0.25) is 0 Å².